The van der Waals surface area contributed by atoms with Gasteiger partial charge < -0.3 is 9.64 Å². The molecule has 156 valence electrons. The van der Waals surface area contributed by atoms with Crippen molar-refractivity contribution in [2.24, 2.45) is 5.92 Å². The summed E-state index contributed by atoms with van der Waals surface area (Å²) in [7, 11) is 0. The smallest absolute Gasteiger partial charge is 0.225 e. The lowest BCUT2D eigenvalue weighted by molar-refractivity contribution is -0.135. The van der Waals surface area contributed by atoms with Gasteiger partial charge in [-0.25, -0.2) is 9.67 Å². The predicted octanol–water partition coefficient (Wildman–Crippen LogP) is 2.79. The molecule has 0 unspecified atom stereocenters. The van der Waals surface area contributed by atoms with E-state index >= 15 is 0 Å². The summed E-state index contributed by atoms with van der Waals surface area (Å²) in [5.74, 6) is 0.752. The minimum Gasteiger partial charge on any atom is -0.471 e. The van der Waals surface area contributed by atoms with E-state index in [2.05, 4.69) is 20.3 Å². The fourth-order valence-corrected chi connectivity index (χ4v) is 3.53. The molecule has 1 amide bonds. The van der Waals surface area contributed by atoms with Crippen LogP contribution in [0.3, 0.4) is 0 Å². The Morgan fingerprint density at radius 1 is 1.17 bits per heavy atom. The van der Waals surface area contributed by atoms with Gasteiger partial charge in [-0.05, 0) is 43.5 Å². The van der Waals surface area contributed by atoms with E-state index in [-0.39, 0.29) is 11.8 Å². The van der Waals surface area contributed by atoms with Gasteiger partial charge in [-0.15, -0.1) is 5.10 Å². The summed E-state index contributed by atoms with van der Waals surface area (Å²) in [5.41, 5.74) is 5.70. The molecule has 4 rings (SSSR count). The Labute approximate surface area is 175 Å². The molecule has 0 N–H and O–H groups in total. The maximum absolute atomic E-state index is 12.3. The van der Waals surface area contributed by atoms with Crippen molar-refractivity contribution in [3.8, 4) is 11.6 Å². The highest BCUT2D eigenvalue weighted by Crippen LogP contribution is 2.24. The molecule has 0 radical (unpaired) electrons. The molecule has 0 saturated carbocycles. The summed E-state index contributed by atoms with van der Waals surface area (Å²) in [4.78, 5) is 23.0. The second-order valence-electron chi connectivity index (χ2n) is 7.94. The Morgan fingerprint density at radius 2 is 2.00 bits per heavy atom. The molecule has 3 aromatic rings. The first-order valence-corrected chi connectivity index (χ1v) is 10.2. The Kier molecular flexibility index (Phi) is 5.48. The number of hydrogen-bond donors (Lipinski definition) is 0. The zero-order valence-electron chi connectivity index (χ0n) is 17.8. The van der Waals surface area contributed by atoms with E-state index in [1.807, 2.05) is 57.0 Å². The lowest BCUT2D eigenvalue weighted by atomic mass is 10.0. The number of nitrogens with zero attached hydrogens (tertiary/aromatic N) is 6. The first-order valence-electron chi connectivity index (χ1n) is 10.2. The zero-order chi connectivity index (χ0) is 21.3. The maximum atomic E-state index is 12.3. The molecule has 0 atom stereocenters. The van der Waals surface area contributed by atoms with E-state index in [4.69, 9.17) is 4.74 Å². The van der Waals surface area contributed by atoms with Crippen LogP contribution in [-0.4, -0.2) is 42.3 Å². The number of fused-ring (bicyclic) bond motifs is 1. The van der Waals surface area contributed by atoms with Crippen molar-refractivity contribution >= 4 is 5.91 Å². The molecular weight excluding hydrogens is 380 g/mol. The third-order valence-electron chi connectivity index (χ3n) is 5.33. The predicted molar refractivity (Wildman–Crippen MR) is 111 cm³/mol. The number of aryl methyl sites for hydroxylation is 2. The van der Waals surface area contributed by atoms with Crippen LogP contribution in [-0.2, 0) is 24.4 Å². The summed E-state index contributed by atoms with van der Waals surface area (Å²) in [6.45, 7) is 9.35. The Morgan fingerprint density at radius 3 is 2.73 bits per heavy atom. The summed E-state index contributed by atoms with van der Waals surface area (Å²) >= 11 is 0. The van der Waals surface area contributed by atoms with Crippen LogP contribution in [0.5, 0.6) is 5.88 Å². The maximum Gasteiger partial charge on any atom is 0.225 e. The Bertz CT molecular complexity index is 1060. The van der Waals surface area contributed by atoms with Gasteiger partial charge in [0.25, 0.3) is 0 Å². The van der Waals surface area contributed by atoms with Crippen LogP contribution in [0.25, 0.3) is 5.69 Å². The topological polar surface area (TPSA) is 86.0 Å². The summed E-state index contributed by atoms with van der Waals surface area (Å²) in [6.07, 6.45) is 4.39. The number of aromatic nitrogens is 5. The molecule has 0 fully saturated rings. The lowest BCUT2D eigenvalue weighted by Crippen LogP contribution is -2.38. The molecule has 0 aliphatic carbocycles. The van der Waals surface area contributed by atoms with E-state index in [1.54, 1.807) is 10.9 Å². The van der Waals surface area contributed by atoms with E-state index in [0.717, 1.165) is 41.3 Å². The van der Waals surface area contributed by atoms with Crippen LogP contribution in [0.15, 0.2) is 30.6 Å². The van der Waals surface area contributed by atoms with Crippen molar-refractivity contribution in [3.05, 3.63) is 58.8 Å². The van der Waals surface area contributed by atoms with Gasteiger partial charge in [-0.2, -0.15) is 0 Å². The van der Waals surface area contributed by atoms with Gasteiger partial charge >= 0.3 is 0 Å². The Balaban J connectivity index is 1.48. The van der Waals surface area contributed by atoms with Gasteiger partial charge in [0, 0.05) is 37.0 Å². The molecular formula is C22H26N6O2. The van der Waals surface area contributed by atoms with Crippen molar-refractivity contribution in [1.29, 1.82) is 0 Å². The summed E-state index contributed by atoms with van der Waals surface area (Å²) < 4.78 is 7.73. The summed E-state index contributed by atoms with van der Waals surface area (Å²) in [6, 6.07) is 5.88. The van der Waals surface area contributed by atoms with E-state index in [9.17, 15) is 4.79 Å². The molecule has 1 aliphatic heterocycles. The van der Waals surface area contributed by atoms with Gasteiger partial charge in [0.05, 0.1) is 17.6 Å². The number of ether oxygens (including phenoxy) is 1. The molecule has 4 heterocycles. The quantitative estimate of drug-likeness (QED) is 0.648. The van der Waals surface area contributed by atoms with Gasteiger partial charge in [0.2, 0.25) is 11.8 Å². The fraction of sp³-hybridized carbons (Fsp3) is 0.409. The van der Waals surface area contributed by atoms with Crippen molar-refractivity contribution in [2.45, 2.75) is 47.3 Å². The van der Waals surface area contributed by atoms with Crippen LogP contribution in [0.2, 0.25) is 0 Å². The molecule has 1 aliphatic rings. The van der Waals surface area contributed by atoms with Crippen LogP contribution < -0.4 is 4.74 Å². The monoisotopic (exact) mass is 406 g/mol. The largest absolute Gasteiger partial charge is 0.471 e. The highest BCUT2D eigenvalue weighted by molar-refractivity contribution is 5.78. The highest BCUT2D eigenvalue weighted by Gasteiger charge is 2.23. The second-order valence-corrected chi connectivity index (χ2v) is 7.94. The summed E-state index contributed by atoms with van der Waals surface area (Å²) in [5, 5.41) is 8.41. The van der Waals surface area contributed by atoms with E-state index in [0.29, 0.717) is 19.0 Å². The molecule has 0 spiro atoms. The number of rotatable bonds is 5. The van der Waals surface area contributed by atoms with E-state index in [1.165, 1.54) is 5.56 Å². The number of carbonyl (C=O) groups is 1. The van der Waals surface area contributed by atoms with Crippen LogP contribution in [0, 0.1) is 19.8 Å². The second kappa shape index (κ2) is 8.22. The first-order chi connectivity index (χ1) is 14.4. The molecule has 8 heteroatoms. The Hall–Kier alpha value is -3.29. The minimum atomic E-state index is 0.00699. The van der Waals surface area contributed by atoms with Crippen LogP contribution in [0.1, 0.15) is 42.1 Å². The standard InChI is InChI=1S/C22H26N6O2/c1-14(2)22(29)27-8-7-17-9-21(24-10-18(17)12-27)30-13-20-16(4)25-26-28(20)19-6-5-15(3)23-11-19/h5-6,9-11,14H,7-8,12-13H2,1-4H3. The fourth-order valence-electron chi connectivity index (χ4n) is 3.53. The third kappa shape index (κ3) is 4.03. The van der Waals surface area contributed by atoms with Gasteiger partial charge in [-0.1, -0.05) is 19.1 Å². The zero-order valence-corrected chi connectivity index (χ0v) is 17.8. The van der Waals surface area contributed by atoms with Crippen LogP contribution >= 0.6 is 0 Å². The first kappa shape index (κ1) is 20.0. The minimum absolute atomic E-state index is 0.00699. The van der Waals surface area contributed by atoms with E-state index < -0.39 is 0 Å². The van der Waals surface area contributed by atoms with Crippen LogP contribution in [0.4, 0.5) is 0 Å². The van der Waals surface area contributed by atoms with Crippen molar-refractivity contribution < 1.29 is 9.53 Å². The number of amides is 1. The van der Waals surface area contributed by atoms with Gasteiger partial charge in [0.1, 0.15) is 12.3 Å². The highest BCUT2D eigenvalue weighted by atomic mass is 16.5. The average molecular weight is 406 g/mol. The molecule has 0 bridgehead atoms. The normalized spacial score (nSPS) is 13.4. The van der Waals surface area contributed by atoms with Gasteiger partial charge in [0.15, 0.2) is 0 Å². The molecule has 0 saturated heterocycles. The lowest BCUT2D eigenvalue weighted by Gasteiger charge is -2.30. The molecule has 3 aromatic heterocycles. The van der Waals surface area contributed by atoms with Crippen molar-refractivity contribution in [2.75, 3.05) is 6.54 Å². The third-order valence-corrected chi connectivity index (χ3v) is 5.33. The molecule has 0 aromatic carbocycles. The molecule has 30 heavy (non-hydrogen) atoms. The van der Waals surface area contributed by atoms with Crippen molar-refractivity contribution in [3.63, 3.8) is 0 Å². The SMILES string of the molecule is Cc1ccc(-n2nnc(C)c2COc2cc3c(cn2)CN(C(=O)C(C)C)CC3)cn1. The van der Waals surface area contributed by atoms with Crippen molar-refractivity contribution in [1.82, 2.24) is 29.9 Å². The number of carbonyl (C=O) groups excluding carboxylic acids is 1. The number of hydrogen-bond acceptors (Lipinski definition) is 6. The molecule has 8 nitrogen and oxygen atoms in total. The van der Waals surface area contributed by atoms with Gasteiger partial charge in [-0.3, -0.25) is 9.78 Å². The average Bonchev–Trinajstić information content (AvgIpc) is 3.12. The number of pyridine rings is 2.